The Hall–Kier alpha value is -0.550. The van der Waals surface area contributed by atoms with E-state index in [4.69, 9.17) is 0 Å². The summed E-state index contributed by atoms with van der Waals surface area (Å²) in [7, 11) is 0. The van der Waals surface area contributed by atoms with E-state index in [-0.39, 0.29) is 0 Å². The van der Waals surface area contributed by atoms with Crippen molar-refractivity contribution in [2.45, 2.75) is 25.6 Å². The molecule has 0 amide bonds. The number of benzene rings is 1. The molecule has 0 aromatic heterocycles. The van der Waals surface area contributed by atoms with E-state index in [1.807, 2.05) is 0 Å². The van der Waals surface area contributed by atoms with Crippen LogP contribution in [0.15, 0.2) is 22.7 Å². The average molecular weight is 308 g/mol. The van der Waals surface area contributed by atoms with Crippen molar-refractivity contribution in [3.63, 3.8) is 0 Å². The lowest BCUT2D eigenvalue weighted by Gasteiger charge is -2.11. The summed E-state index contributed by atoms with van der Waals surface area (Å²) in [5, 5.41) is 3.19. The molecule has 1 nitrogen and oxygen atoms in total. The topological polar surface area (TPSA) is 12.0 Å². The standard InChI is InChI=1S/C12H13BrF3N/c13-11-4-3-10(12(14,15)16)5-9(11)7-17-6-8-1-2-8/h3-5,8,17H,1-2,6-7H2. The molecular formula is C12H13BrF3N. The predicted molar refractivity (Wildman–Crippen MR) is 63.6 cm³/mol. The molecule has 0 heterocycles. The van der Waals surface area contributed by atoms with Gasteiger partial charge in [-0.2, -0.15) is 13.2 Å². The van der Waals surface area contributed by atoms with Gasteiger partial charge in [0.25, 0.3) is 0 Å². The van der Waals surface area contributed by atoms with Crippen LogP contribution in [0.5, 0.6) is 0 Å². The number of halogens is 4. The van der Waals surface area contributed by atoms with E-state index in [0.717, 1.165) is 18.5 Å². The molecular weight excluding hydrogens is 295 g/mol. The maximum absolute atomic E-state index is 12.5. The molecule has 17 heavy (non-hydrogen) atoms. The summed E-state index contributed by atoms with van der Waals surface area (Å²) in [6, 6.07) is 3.75. The van der Waals surface area contributed by atoms with Gasteiger partial charge >= 0.3 is 6.18 Å². The van der Waals surface area contributed by atoms with E-state index < -0.39 is 11.7 Å². The highest BCUT2D eigenvalue weighted by atomic mass is 79.9. The van der Waals surface area contributed by atoms with Gasteiger partial charge in [0, 0.05) is 11.0 Å². The Bertz CT molecular complexity index is 399. The summed E-state index contributed by atoms with van der Waals surface area (Å²) in [4.78, 5) is 0. The first-order valence-corrected chi connectivity index (χ1v) is 6.32. The van der Waals surface area contributed by atoms with Gasteiger partial charge < -0.3 is 5.32 Å². The minimum absolute atomic E-state index is 0.473. The van der Waals surface area contributed by atoms with Gasteiger partial charge in [-0.15, -0.1) is 0 Å². The number of hydrogen-bond acceptors (Lipinski definition) is 1. The zero-order valence-corrected chi connectivity index (χ0v) is 10.7. The Kier molecular flexibility index (Phi) is 3.78. The highest BCUT2D eigenvalue weighted by Crippen LogP contribution is 2.32. The van der Waals surface area contributed by atoms with Crippen LogP contribution in [0.3, 0.4) is 0 Å². The lowest BCUT2D eigenvalue weighted by Crippen LogP contribution is -2.17. The summed E-state index contributed by atoms with van der Waals surface area (Å²) in [6.07, 6.45) is -1.81. The third kappa shape index (κ3) is 3.71. The quantitative estimate of drug-likeness (QED) is 0.887. The second-order valence-electron chi connectivity index (χ2n) is 4.38. The molecule has 1 aromatic rings. The van der Waals surface area contributed by atoms with E-state index in [1.54, 1.807) is 0 Å². The van der Waals surface area contributed by atoms with Gasteiger partial charge in [-0.1, -0.05) is 15.9 Å². The van der Waals surface area contributed by atoms with Crippen LogP contribution < -0.4 is 5.32 Å². The van der Waals surface area contributed by atoms with Gasteiger partial charge in [0.15, 0.2) is 0 Å². The SMILES string of the molecule is FC(F)(F)c1ccc(Br)c(CNCC2CC2)c1. The van der Waals surface area contributed by atoms with Crippen LogP contribution in [0.2, 0.25) is 0 Å². The number of hydrogen-bond donors (Lipinski definition) is 1. The van der Waals surface area contributed by atoms with E-state index in [2.05, 4.69) is 21.2 Å². The zero-order chi connectivity index (χ0) is 12.5. The van der Waals surface area contributed by atoms with Crippen LogP contribution in [0, 0.1) is 5.92 Å². The minimum Gasteiger partial charge on any atom is -0.312 e. The highest BCUT2D eigenvalue weighted by Gasteiger charge is 2.30. The molecule has 1 aliphatic carbocycles. The third-order valence-corrected chi connectivity index (χ3v) is 3.59. The van der Waals surface area contributed by atoms with Crippen molar-refractivity contribution in [1.82, 2.24) is 5.32 Å². The summed E-state index contributed by atoms with van der Waals surface area (Å²) < 4.78 is 38.3. The van der Waals surface area contributed by atoms with Crippen molar-refractivity contribution in [3.05, 3.63) is 33.8 Å². The molecule has 0 radical (unpaired) electrons. The van der Waals surface area contributed by atoms with Crippen molar-refractivity contribution >= 4 is 15.9 Å². The molecule has 2 rings (SSSR count). The molecule has 1 aliphatic rings. The monoisotopic (exact) mass is 307 g/mol. The molecule has 0 atom stereocenters. The van der Waals surface area contributed by atoms with Crippen LogP contribution in [-0.4, -0.2) is 6.54 Å². The lowest BCUT2D eigenvalue weighted by atomic mass is 10.1. The third-order valence-electron chi connectivity index (χ3n) is 2.82. The molecule has 0 aliphatic heterocycles. The first-order valence-electron chi connectivity index (χ1n) is 5.53. The Morgan fingerprint density at radius 2 is 2.00 bits per heavy atom. The van der Waals surface area contributed by atoms with Gasteiger partial charge in [-0.25, -0.2) is 0 Å². The Morgan fingerprint density at radius 1 is 1.29 bits per heavy atom. The van der Waals surface area contributed by atoms with Crippen LogP contribution >= 0.6 is 15.9 Å². The van der Waals surface area contributed by atoms with Crippen molar-refractivity contribution < 1.29 is 13.2 Å². The lowest BCUT2D eigenvalue weighted by molar-refractivity contribution is -0.137. The average Bonchev–Trinajstić information content (AvgIpc) is 3.03. The van der Waals surface area contributed by atoms with E-state index in [1.165, 1.54) is 25.0 Å². The van der Waals surface area contributed by atoms with Crippen molar-refractivity contribution in [2.75, 3.05) is 6.54 Å². The molecule has 1 fully saturated rings. The summed E-state index contributed by atoms with van der Waals surface area (Å²) in [6.45, 7) is 1.36. The first-order chi connectivity index (χ1) is 7.97. The highest BCUT2D eigenvalue weighted by molar-refractivity contribution is 9.10. The maximum atomic E-state index is 12.5. The Labute approximate surface area is 107 Å². The second kappa shape index (κ2) is 4.98. The largest absolute Gasteiger partial charge is 0.416 e. The molecule has 94 valence electrons. The van der Waals surface area contributed by atoms with E-state index in [9.17, 15) is 13.2 Å². The molecule has 1 N–H and O–H groups in total. The van der Waals surface area contributed by atoms with Crippen molar-refractivity contribution in [2.24, 2.45) is 5.92 Å². The Morgan fingerprint density at radius 3 is 2.59 bits per heavy atom. The molecule has 0 saturated heterocycles. The number of alkyl halides is 3. The van der Waals surface area contributed by atoms with Gasteiger partial charge in [0.2, 0.25) is 0 Å². The molecule has 1 aromatic carbocycles. The molecule has 0 spiro atoms. The molecule has 0 bridgehead atoms. The Balaban J connectivity index is 2.03. The minimum atomic E-state index is -4.27. The van der Waals surface area contributed by atoms with E-state index in [0.29, 0.717) is 16.6 Å². The second-order valence-corrected chi connectivity index (χ2v) is 5.23. The van der Waals surface area contributed by atoms with E-state index >= 15 is 0 Å². The van der Waals surface area contributed by atoms with Gasteiger partial charge in [-0.3, -0.25) is 0 Å². The van der Waals surface area contributed by atoms with Crippen LogP contribution in [0.1, 0.15) is 24.0 Å². The molecule has 1 saturated carbocycles. The fraction of sp³-hybridized carbons (Fsp3) is 0.500. The first kappa shape index (κ1) is 12.9. The van der Waals surface area contributed by atoms with Gasteiger partial charge in [0.1, 0.15) is 0 Å². The van der Waals surface area contributed by atoms with Crippen molar-refractivity contribution in [3.8, 4) is 0 Å². The zero-order valence-electron chi connectivity index (χ0n) is 9.15. The summed E-state index contributed by atoms with van der Waals surface area (Å²) in [5.41, 5.74) is 0.0596. The fourth-order valence-electron chi connectivity index (χ4n) is 1.62. The van der Waals surface area contributed by atoms with Crippen molar-refractivity contribution in [1.29, 1.82) is 0 Å². The van der Waals surface area contributed by atoms with Crippen LogP contribution in [0.4, 0.5) is 13.2 Å². The van der Waals surface area contributed by atoms with Gasteiger partial charge in [0.05, 0.1) is 5.56 Å². The smallest absolute Gasteiger partial charge is 0.312 e. The fourth-order valence-corrected chi connectivity index (χ4v) is 2.01. The molecule has 5 heteroatoms. The van der Waals surface area contributed by atoms with Gasteiger partial charge in [-0.05, 0) is 49.1 Å². The van der Waals surface area contributed by atoms with Crippen LogP contribution in [-0.2, 0) is 12.7 Å². The summed E-state index contributed by atoms with van der Waals surface area (Å²) in [5.74, 6) is 0.722. The van der Waals surface area contributed by atoms with Crippen LogP contribution in [0.25, 0.3) is 0 Å². The number of rotatable bonds is 4. The maximum Gasteiger partial charge on any atom is 0.416 e. The predicted octanol–water partition coefficient (Wildman–Crippen LogP) is 3.97. The normalized spacial score (nSPS) is 16.2. The number of nitrogens with one attached hydrogen (secondary N) is 1. The molecule has 0 unspecified atom stereocenters. The summed E-state index contributed by atoms with van der Waals surface area (Å²) >= 11 is 3.27.